The number of halogens is 1. The van der Waals surface area contributed by atoms with Crippen LogP contribution in [-0.2, 0) is 16.0 Å². The summed E-state index contributed by atoms with van der Waals surface area (Å²) < 4.78 is 5.44. The normalized spacial score (nSPS) is 17.2. The molecule has 1 aliphatic heterocycles. The van der Waals surface area contributed by atoms with Crippen molar-refractivity contribution in [3.8, 4) is 11.5 Å². The third-order valence-electron chi connectivity index (χ3n) is 5.72. The number of benzene rings is 3. The molecule has 174 valence electrons. The van der Waals surface area contributed by atoms with Gasteiger partial charge in [0.1, 0.15) is 17.3 Å². The van der Waals surface area contributed by atoms with Crippen LogP contribution >= 0.6 is 11.6 Å². The Morgan fingerprint density at radius 2 is 1.74 bits per heavy atom. The SMILES string of the molecule is CCOc1ccc(/C(O)=C2/C(=O)C(=O)N(CCc3ccc(Cl)cc3)C2c2cccc(O)c2)cc1. The van der Waals surface area contributed by atoms with Gasteiger partial charge in [-0.05, 0) is 73.0 Å². The van der Waals surface area contributed by atoms with Crippen LogP contribution in [0.1, 0.15) is 29.7 Å². The van der Waals surface area contributed by atoms with E-state index in [9.17, 15) is 19.8 Å². The zero-order chi connectivity index (χ0) is 24.2. The molecule has 0 saturated carbocycles. The van der Waals surface area contributed by atoms with Crippen LogP contribution in [0.25, 0.3) is 5.76 Å². The highest BCUT2D eigenvalue weighted by Gasteiger charge is 2.45. The minimum absolute atomic E-state index is 0.00172. The molecule has 0 aliphatic carbocycles. The van der Waals surface area contributed by atoms with Crippen molar-refractivity contribution in [1.29, 1.82) is 0 Å². The first-order valence-corrected chi connectivity index (χ1v) is 11.3. The number of hydrogen-bond donors (Lipinski definition) is 2. The van der Waals surface area contributed by atoms with Crippen molar-refractivity contribution >= 4 is 29.1 Å². The van der Waals surface area contributed by atoms with E-state index in [1.54, 1.807) is 48.5 Å². The van der Waals surface area contributed by atoms with Crippen LogP contribution < -0.4 is 4.74 Å². The molecule has 1 atom stereocenters. The molecule has 4 rings (SSSR count). The minimum atomic E-state index is -0.842. The third kappa shape index (κ3) is 4.77. The van der Waals surface area contributed by atoms with Crippen molar-refractivity contribution in [1.82, 2.24) is 4.90 Å². The standard InChI is InChI=1S/C27H24ClNO5/c1-2-34-22-12-8-18(9-13-22)25(31)23-24(19-4-3-5-21(30)16-19)29(27(33)26(23)32)15-14-17-6-10-20(28)11-7-17/h3-13,16,24,30-31H,2,14-15H2,1H3/b25-23-. The van der Waals surface area contributed by atoms with Crippen molar-refractivity contribution in [2.75, 3.05) is 13.2 Å². The number of rotatable bonds is 7. The molecule has 1 aliphatic rings. The van der Waals surface area contributed by atoms with Gasteiger partial charge in [0, 0.05) is 17.1 Å². The van der Waals surface area contributed by atoms with Crippen LogP contribution in [0.5, 0.6) is 11.5 Å². The maximum atomic E-state index is 13.1. The summed E-state index contributed by atoms with van der Waals surface area (Å²) in [5.41, 5.74) is 1.86. The number of hydrogen-bond acceptors (Lipinski definition) is 5. The van der Waals surface area contributed by atoms with E-state index in [2.05, 4.69) is 0 Å². The van der Waals surface area contributed by atoms with Gasteiger partial charge in [-0.1, -0.05) is 35.9 Å². The highest BCUT2D eigenvalue weighted by molar-refractivity contribution is 6.46. The van der Waals surface area contributed by atoms with E-state index in [1.807, 2.05) is 19.1 Å². The quantitative estimate of drug-likeness (QED) is 0.280. The molecule has 1 amide bonds. The van der Waals surface area contributed by atoms with Gasteiger partial charge in [-0.15, -0.1) is 0 Å². The van der Waals surface area contributed by atoms with E-state index < -0.39 is 17.7 Å². The van der Waals surface area contributed by atoms with E-state index in [4.69, 9.17) is 16.3 Å². The molecule has 1 fully saturated rings. The van der Waals surface area contributed by atoms with Crippen molar-refractivity contribution in [2.45, 2.75) is 19.4 Å². The van der Waals surface area contributed by atoms with E-state index in [0.29, 0.717) is 34.9 Å². The van der Waals surface area contributed by atoms with Gasteiger partial charge in [0.25, 0.3) is 11.7 Å². The molecule has 6 nitrogen and oxygen atoms in total. The fourth-order valence-electron chi connectivity index (χ4n) is 4.08. The molecular formula is C27H24ClNO5. The number of likely N-dealkylation sites (tertiary alicyclic amines) is 1. The van der Waals surface area contributed by atoms with Gasteiger partial charge < -0.3 is 19.8 Å². The Balaban J connectivity index is 1.74. The lowest BCUT2D eigenvalue weighted by atomic mass is 9.95. The number of amides is 1. The summed E-state index contributed by atoms with van der Waals surface area (Å²) in [5, 5.41) is 21.8. The second-order valence-corrected chi connectivity index (χ2v) is 8.36. The zero-order valence-corrected chi connectivity index (χ0v) is 19.3. The number of aromatic hydroxyl groups is 1. The van der Waals surface area contributed by atoms with Crippen LogP contribution in [0.2, 0.25) is 5.02 Å². The second-order valence-electron chi connectivity index (χ2n) is 7.92. The van der Waals surface area contributed by atoms with Gasteiger partial charge in [0.2, 0.25) is 0 Å². The molecule has 34 heavy (non-hydrogen) atoms. The van der Waals surface area contributed by atoms with E-state index in [0.717, 1.165) is 5.56 Å². The molecule has 3 aromatic rings. The maximum Gasteiger partial charge on any atom is 0.295 e. The molecule has 2 N–H and O–H groups in total. The predicted molar refractivity (Wildman–Crippen MR) is 130 cm³/mol. The van der Waals surface area contributed by atoms with Crippen molar-refractivity contribution in [3.63, 3.8) is 0 Å². The van der Waals surface area contributed by atoms with E-state index in [1.165, 1.54) is 17.0 Å². The number of ether oxygens (including phenoxy) is 1. The molecule has 0 aromatic heterocycles. The van der Waals surface area contributed by atoms with Crippen LogP contribution in [0.3, 0.4) is 0 Å². The lowest BCUT2D eigenvalue weighted by Gasteiger charge is -2.25. The molecule has 1 heterocycles. The Labute approximate surface area is 202 Å². The van der Waals surface area contributed by atoms with Gasteiger partial charge in [-0.3, -0.25) is 9.59 Å². The molecule has 1 saturated heterocycles. The summed E-state index contributed by atoms with van der Waals surface area (Å²) >= 11 is 5.96. The first-order valence-electron chi connectivity index (χ1n) is 10.9. The monoisotopic (exact) mass is 477 g/mol. The first kappa shape index (κ1) is 23.4. The molecule has 0 radical (unpaired) electrons. The zero-order valence-electron chi connectivity index (χ0n) is 18.6. The average molecular weight is 478 g/mol. The van der Waals surface area contributed by atoms with E-state index >= 15 is 0 Å². The minimum Gasteiger partial charge on any atom is -0.508 e. The Hall–Kier alpha value is -3.77. The number of ketones is 1. The van der Waals surface area contributed by atoms with Gasteiger partial charge in [-0.25, -0.2) is 0 Å². The smallest absolute Gasteiger partial charge is 0.295 e. The van der Waals surface area contributed by atoms with Crippen LogP contribution in [0.15, 0.2) is 78.4 Å². The van der Waals surface area contributed by atoms with Gasteiger partial charge in [0.05, 0.1) is 18.2 Å². The highest BCUT2D eigenvalue weighted by atomic mass is 35.5. The lowest BCUT2D eigenvalue weighted by Crippen LogP contribution is -2.31. The molecular weight excluding hydrogens is 454 g/mol. The Bertz CT molecular complexity index is 1230. The van der Waals surface area contributed by atoms with Gasteiger partial charge in [-0.2, -0.15) is 0 Å². The molecule has 0 spiro atoms. The van der Waals surface area contributed by atoms with Crippen molar-refractivity contribution < 1.29 is 24.5 Å². The summed E-state index contributed by atoms with van der Waals surface area (Å²) in [5.74, 6) is -1.11. The summed E-state index contributed by atoms with van der Waals surface area (Å²) in [6.45, 7) is 2.61. The first-order chi connectivity index (χ1) is 16.4. The Kier molecular flexibility index (Phi) is 6.89. The molecule has 3 aromatic carbocycles. The predicted octanol–water partition coefficient (Wildman–Crippen LogP) is 5.11. The fraction of sp³-hybridized carbons (Fsp3) is 0.185. The van der Waals surface area contributed by atoms with E-state index in [-0.39, 0.29) is 23.6 Å². The average Bonchev–Trinajstić information content (AvgIpc) is 3.09. The number of phenolic OH excluding ortho intramolecular Hbond substituents is 1. The van der Waals surface area contributed by atoms with Crippen LogP contribution in [0, 0.1) is 0 Å². The molecule has 7 heteroatoms. The number of phenols is 1. The Morgan fingerprint density at radius 3 is 2.38 bits per heavy atom. The summed E-state index contributed by atoms with van der Waals surface area (Å²) in [6.07, 6.45) is 0.489. The summed E-state index contributed by atoms with van der Waals surface area (Å²) in [7, 11) is 0. The second kappa shape index (κ2) is 10.0. The number of aliphatic hydroxyl groups excluding tert-OH is 1. The van der Waals surface area contributed by atoms with Crippen LogP contribution in [-0.4, -0.2) is 40.0 Å². The summed E-state index contributed by atoms with van der Waals surface area (Å²) in [4.78, 5) is 27.6. The van der Waals surface area contributed by atoms with Crippen molar-refractivity contribution in [2.24, 2.45) is 0 Å². The van der Waals surface area contributed by atoms with Crippen LogP contribution in [0.4, 0.5) is 0 Å². The highest BCUT2D eigenvalue weighted by Crippen LogP contribution is 2.40. The fourth-order valence-corrected chi connectivity index (χ4v) is 4.21. The van der Waals surface area contributed by atoms with Gasteiger partial charge in [0.15, 0.2) is 0 Å². The largest absolute Gasteiger partial charge is 0.508 e. The maximum absolute atomic E-state index is 13.1. The topological polar surface area (TPSA) is 87.1 Å². The number of nitrogens with zero attached hydrogens (tertiary/aromatic N) is 1. The molecule has 1 unspecified atom stereocenters. The van der Waals surface area contributed by atoms with Gasteiger partial charge >= 0.3 is 0 Å². The number of carbonyl (C=O) groups excluding carboxylic acids is 2. The third-order valence-corrected chi connectivity index (χ3v) is 5.97. The molecule has 0 bridgehead atoms. The number of aliphatic hydroxyl groups is 1. The number of Topliss-reactive ketones (excluding diaryl/α,β-unsaturated/α-hetero) is 1. The van der Waals surface area contributed by atoms with Crippen molar-refractivity contribution in [3.05, 3.63) is 100 Å². The summed E-state index contributed by atoms with van der Waals surface area (Å²) in [6, 6.07) is 19.5. The lowest BCUT2D eigenvalue weighted by molar-refractivity contribution is -0.139. The number of carbonyl (C=O) groups is 2. The Morgan fingerprint density at radius 1 is 1.03 bits per heavy atom.